The van der Waals surface area contributed by atoms with Crippen LogP contribution in [0.25, 0.3) is 0 Å². The highest BCUT2D eigenvalue weighted by molar-refractivity contribution is 5.80. The van der Waals surface area contributed by atoms with Gasteiger partial charge in [0.1, 0.15) is 0 Å². The zero-order chi connectivity index (χ0) is 10.3. The van der Waals surface area contributed by atoms with Crippen LogP contribution >= 0.6 is 0 Å². The van der Waals surface area contributed by atoms with Crippen LogP contribution in [0.1, 0.15) is 20.3 Å². The van der Waals surface area contributed by atoms with E-state index in [4.69, 9.17) is 11.5 Å². The zero-order valence-corrected chi connectivity index (χ0v) is 8.21. The predicted molar refractivity (Wildman–Crippen MR) is 53.1 cm³/mol. The SMILES string of the molecule is CCNC(=O)[C@@H](CC)CN=C(N)N. The number of nitrogens with zero attached hydrogens (tertiary/aromatic N) is 1. The van der Waals surface area contributed by atoms with Crippen molar-refractivity contribution >= 4 is 11.9 Å². The molecule has 0 heterocycles. The molecule has 0 aliphatic heterocycles. The molecule has 0 aliphatic rings. The monoisotopic (exact) mass is 186 g/mol. The van der Waals surface area contributed by atoms with Gasteiger partial charge in [-0.25, -0.2) is 0 Å². The van der Waals surface area contributed by atoms with Crippen molar-refractivity contribution in [2.45, 2.75) is 20.3 Å². The Balaban J connectivity index is 4.02. The molecule has 5 heteroatoms. The minimum Gasteiger partial charge on any atom is -0.370 e. The first-order valence-corrected chi connectivity index (χ1v) is 4.44. The molecule has 0 fully saturated rings. The Labute approximate surface area is 78.6 Å². The topological polar surface area (TPSA) is 93.5 Å². The molecule has 0 aromatic heterocycles. The quantitative estimate of drug-likeness (QED) is 0.396. The highest BCUT2D eigenvalue weighted by Crippen LogP contribution is 2.02. The van der Waals surface area contributed by atoms with Crippen molar-refractivity contribution in [3.63, 3.8) is 0 Å². The first-order chi connectivity index (χ1) is 6.11. The normalized spacial score (nSPS) is 11.8. The van der Waals surface area contributed by atoms with Crippen molar-refractivity contribution in [3.8, 4) is 0 Å². The van der Waals surface area contributed by atoms with Gasteiger partial charge in [0, 0.05) is 6.54 Å². The lowest BCUT2D eigenvalue weighted by molar-refractivity contribution is -0.124. The molecule has 0 aromatic rings. The third-order valence-electron chi connectivity index (χ3n) is 1.71. The van der Waals surface area contributed by atoms with E-state index in [0.717, 1.165) is 6.42 Å². The van der Waals surface area contributed by atoms with E-state index in [1.807, 2.05) is 13.8 Å². The maximum Gasteiger partial charge on any atom is 0.224 e. The summed E-state index contributed by atoms with van der Waals surface area (Å²) in [7, 11) is 0. The molecule has 0 bridgehead atoms. The van der Waals surface area contributed by atoms with Crippen molar-refractivity contribution in [1.29, 1.82) is 0 Å². The largest absolute Gasteiger partial charge is 0.370 e. The van der Waals surface area contributed by atoms with Gasteiger partial charge < -0.3 is 16.8 Å². The highest BCUT2D eigenvalue weighted by Gasteiger charge is 2.14. The molecular formula is C8H18N4O. The molecular weight excluding hydrogens is 168 g/mol. The Morgan fingerprint density at radius 2 is 2.08 bits per heavy atom. The van der Waals surface area contributed by atoms with Crippen molar-refractivity contribution in [3.05, 3.63) is 0 Å². The Hall–Kier alpha value is -1.26. The van der Waals surface area contributed by atoms with E-state index >= 15 is 0 Å². The first kappa shape index (κ1) is 11.7. The van der Waals surface area contributed by atoms with Gasteiger partial charge in [-0.2, -0.15) is 0 Å². The summed E-state index contributed by atoms with van der Waals surface area (Å²) in [6.07, 6.45) is 0.739. The molecule has 0 aliphatic carbocycles. The number of nitrogens with two attached hydrogens (primary N) is 2. The van der Waals surface area contributed by atoms with E-state index in [-0.39, 0.29) is 17.8 Å². The average Bonchev–Trinajstić information content (AvgIpc) is 2.05. The molecule has 0 radical (unpaired) electrons. The average molecular weight is 186 g/mol. The van der Waals surface area contributed by atoms with Crippen LogP contribution in [0.5, 0.6) is 0 Å². The fourth-order valence-corrected chi connectivity index (χ4v) is 0.932. The van der Waals surface area contributed by atoms with E-state index in [0.29, 0.717) is 13.1 Å². The second-order valence-corrected chi connectivity index (χ2v) is 2.77. The Morgan fingerprint density at radius 3 is 2.46 bits per heavy atom. The van der Waals surface area contributed by atoms with Crippen LogP contribution in [0.4, 0.5) is 0 Å². The molecule has 13 heavy (non-hydrogen) atoms. The molecule has 5 nitrogen and oxygen atoms in total. The summed E-state index contributed by atoms with van der Waals surface area (Å²) in [5.74, 6) is -0.0835. The highest BCUT2D eigenvalue weighted by atomic mass is 16.1. The first-order valence-electron chi connectivity index (χ1n) is 4.44. The maximum absolute atomic E-state index is 11.3. The molecule has 1 amide bonds. The third-order valence-corrected chi connectivity index (χ3v) is 1.71. The fourth-order valence-electron chi connectivity index (χ4n) is 0.932. The number of rotatable bonds is 5. The van der Waals surface area contributed by atoms with E-state index in [1.54, 1.807) is 0 Å². The van der Waals surface area contributed by atoms with Gasteiger partial charge in [0.2, 0.25) is 5.91 Å². The smallest absolute Gasteiger partial charge is 0.224 e. The summed E-state index contributed by atoms with van der Waals surface area (Å²) in [4.78, 5) is 15.1. The molecule has 76 valence electrons. The molecule has 0 aromatic carbocycles. The summed E-state index contributed by atoms with van der Waals surface area (Å²) in [5, 5.41) is 2.73. The Morgan fingerprint density at radius 1 is 1.46 bits per heavy atom. The molecule has 0 rings (SSSR count). The minimum absolute atomic E-state index is 0.00926. The Bertz CT molecular complexity index is 187. The Kier molecular flexibility index (Phi) is 5.67. The summed E-state index contributed by atoms with van der Waals surface area (Å²) >= 11 is 0. The van der Waals surface area contributed by atoms with Crippen molar-refractivity contribution in [2.75, 3.05) is 13.1 Å². The number of guanidine groups is 1. The second kappa shape index (κ2) is 6.28. The number of carbonyl (C=O) groups excluding carboxylic acids is 1. The molecule has 0 saturated heterocycles. The summed E-state index contributed by atoms with van der Waals surface area (Å²) in [6, 6.07) is 0. The van der Waals surface area contributed by atoms with Crippen LogP contribution in [-0.2, 0) is 4.79 Å². The van der Waals surface area contributed by atoms with E-state index in [9.17, 15) is 4.79 Å². The molecule has 0 spiro atoms. The zero-order valence-electron chi connectivity index (χ0n) is 8.21. The molecule has 1 atom stereocenters. The van der Waals surface area contributed by atoms with Gasteiger partial charge in [-0.3, -0.25) is 9.79 Å². The van der Waals surface area contributed by atoms with Gasteiger partial charge in [-0.05, 0) is 13.3 Å². The number of aliphatic imine (C=N–C) groups is 1. The summed E-state index contributed by atoms with van der Waals surface area (Å²) in [6.45, 7) is 4.81. The lowest BCUT2D eigenvalue weighted by Gasteiger charge is -2.11. The van der Waals surface area contributed by atoms with E-state index in [2.05, 4.69) is 10.3 Å². The van der Waals surface area contributed by atoms with Crippen LogP contribution in [0.15, 0.2) is 4.99 Å². The van der Waals surface area contributed by atoms with Crippen LogP contribution in [0, 0.1) is 5.92 Å². The number of carbonyl (C=O) groups is 1. The van der Waals surface area contributed by atoms with Gasteiger partial charge in [-0.1, -0.05) is 6.92 Å². The van der Waals surface area contributed by atoms with Gasteiger partial charge in [-0.15, -0.1) is 0 Å². The number of hydrogen-bond acceptors (Lipinski definition) is 2. The third kappa shape index (κ3) is 5.05. The van der Waals surface area contributed by atoms with Gasteiger partial charge >= 0.3 is 0 Å². The lowest BCUT2D eigenvalue weighted by Crippen LogP contribution is -2.33. The van der Waals surface area contributed by atoms with Gasteiger partial charge in [0.05, 0.1) is 12.5 Å². The van der Waals surface area contributed by atoms with E-state index < -0.39 is 0 Å². The standard InChI is InChI=1S/C8H18N4O/c1-3-6(5-12-8(9)10)7(13)11-4-2/h6H,3-5H2,1-2H3,(H,11,13)(H4,9,10,12)/t6-/m0/s1. The number of amides is 1. The van der Waals surface area contributed by atoms with Crippen LogP contribution in [-0.4, -0.2) is 25.0 Å². The van der Waals surface area contributed by atoms with Gasteiger partial charge in [0.25, 0.3) is 0 Å². The van der Waals surface area contributed by atoms with Crippen molar-refractivity contribution < 1.29 is 4.79 Å². The van der Waals surface area contributed by atoms with Gasteiger partial charge in [0.15, 0.2) is 5.96 Å². The van der Waals surface area contributed by atoms with E-state index in [1.165, 1.54) is 0 Å². The molecule has 5 N–H and O–H groups in total. The number of hydrogen-bond donors (Lipinski definition) is 3. The second-order valence-electron chi connectivity index (χ2n) is 2.77. The lowest BCUT2D eigenvalue weighted by atomic mass is 10.1. The summed E-state index contributed by atoms with van der Waals surface area (Å²) < 4.78 is 0. The van der Waals surface area contributed by atoms with Crippen LogP contribution < -0.4 is 16.8 Å². The van der Waals surface area contributed by atoms with Crippen molar-refractivity contribution in [1.82, 2.24) is 5.32 Å². The minimum atomic E-state index is -0.123. The molecule has 0 saturated carbocycles. The fraction of sp³-hybridized carbons (Fsp3) is 0.750. The molecule has 0 unspecified atom stereocenters. The maximum atomic E-state index is 11.3. The van der Waals surface area contributed by atoms with Crippen LogP contribution in [0.2, 0.25) is 0 Å². The number of nitrogens with one attached hydrogen (secondary N) is 1. The van der Waals surface area contributed by atoms with Crippen molar-refractivity contribution in [2.24, 2.45) is 22.4 Å². The van der Waals surface area contributed by atoms with Crippen LogP contribution in [0.3, 0.4) is 0 Å². The summed E-state index contributed by atoms with van der Waals surface area (Å²) in [5.41, 5.74) is 10.3. The predicted octanol–water partition coefficient (Wildman–Crippen LogP) is -0.578.